The molecule has 0 amide bonds. The number of hydrogen-bond donors (Lipinski definition) is 1. The van der Waals surface area contributed by atoms with E-state index in [2.05, 4.69) is 15.9 Å². The lowest BCUT2D eigenvalue weighted by molar-refractivity contribution is 0.0696. The largest absolute Gasteiger partial charge is 0.478 e. The van der Waals surface area contributed by atoms with Crippen molar-refractivity contribution in [3.63, 3.8) is 0 Å². The molecule has 0 bridgehead atoms. The summed E-state index contributed by atoms with van der Waals surface area (Å²) in [5, 5.41) is 9.03. The fraction of sp³-hybridized carbons (Fsp3) is 0.500. The van der Waals surface area contributed by atoms with Gasteiger partial charge in [0.1, 0.15) is 0 Å². The maximum atomic E-state index is 12.4. The quantitative estimate of drug-likeness (QED) is 0.886. The first-order valence-electron chi connectivity index (χ1n) is 6.20. The number of hydrogen-bond acceptors (Lipinski definition) is 3. The maximum Gasteiger partial charge on any atom is 0.335 e. The van der Waals surface area contributed by atoms with E-state index in [4.69, 9.17) is 5.11 Å². The van der Waals surface area contributed by atoms with E-state index in [1.165, 1.54) is 12.1 Å². The minimum Gasteiger partial charge on any atom is -0.478 e. The van der Waals surface area contributed by atoms with Gasteiger partial charge in [0, 0.05) is 4.47 Å². The first-order chi connectivity index (χ1) is 8.94. The predicted octanol–water partition coefficient (Wildman–Crippen LogP) is 3.67. The zero-order valence-corrected chi connectivity index (χ0v) is 14.4. The fourth-order valence-corrected chi connectivity index (χ4v) is 4.23. The van der Waals surface area contributed by atoms with Gasteiger partial charge < -0.3 is 5.11 Å². The van der Waals surface area contributed by atoms with E-state index in [1.54, 1.807) is 6.92 Å². The summed E-state index contributed by atoms with van der Waals surface area (Å²) in [5.41, 5.74) is 0.420. The van der Waals surface area contributed by atoms with Crippen molar-refractivity contribution in [1.29, 1.82) is 0 Å². The summed E-state index contributed by atoms with van der Waals surface area (Å²) in [6.07, 6.45) is 0.518. The third-order valence-electron chi connectivity index (χ3n) is 3.00. The van der Waals surface area contributed by atoms with Crippen LogP contribution < -0.4 is 0 Å². The van der Waals surface area contributed by atoms with E-state index < -0.39 is 15.8 Å². The van der Waals surface area contributed by atoms with E-state index in [-0.39, 0.29) is 21.6 Å². The smallest absolute Gasteiger partial charge is 0.335 e. The van der Waals surface area contributed by atoms with Gasteiger partial charge in [0.2, 0.25) is 0 Å². The van der Waals surface area contributed by atoms with Gasteiger partial charge in [0.25, 0.3) is 0 Å². The lowest BCUT2D eigenvalue weighted by atomic mass is 9.94. The number of sulfone groups is 1. The van der Waals surface area contributed by atoms with Gasteiger partial charge in [-0.25, -0.2) is 13.2 Å². The van der Waals surface area contributed by atoms with E-state index in [0.717, 1.165) is 0 Å². The Balaban J connectivity index is 3.27. The molecule has 112 valence electrons. The van der Waals surface area contributed by atoms with Crippen LogP contribution in [0.2, 0.25) is 0 Å². The van der Waals surface area contributed by atoms with Crippen LogP contribution in [0.1, 0.15) is 43.1 Å². The first-order valence-corrected chi connectivity index (χ1v) is 8.65. The van der Waals surface area contributed by atoms with Crippen LogP contribution in [0.15, 0.2) is 21.5 Å². The number of halogens is 1. The van der Waals surface area contributed by atoms with Gasteiger partial charge in [0.05, 0.1) is 16.2 Å². The standard InChI is InChI=1S/C14H19BrO4S/c1-9-11(15)7-10(13(16)17)8-12(9)20(18,19)6-5-14(2,3)4/h7-8H,5-6H2,1-4H3,(H,16,17). The molecule has 0 atom stereocenters. The molecule has 0 fully saturated rings. The molecule has 6 heteroatoms. The van der Waals surface area contributed by atoms with Crippen LogP contribution in [0.3, 0.4) is 0 Å². The van der Waals surface area contributed by atoms with E-state index in [0.29, 0.717) is 16.5 Å². The van der Waals surface area contributed by atoms with Crippen molar-refractivity contribution in [1.82, 2.24) is 0 Å². The summed E-state index contributed by atoms with van der Waals surface area (Å²) in [5.74, 6) is -1.13. The highest BCUT2D eigenvalue weighted by Gasteiger charge is 2.23. The fourth-order valence-electron chi connectivity index (χ4n) is 1.65. The Kier molecular flexibility index (Phi) is 5.03. The van der Waals surface area contributed by atoms with Crippen LogP contribution in [0.4, 0.5) is 0 Å². The van der Waals surface area contributed by atoms with Gasteiger partial charge in [-0.05, 0) is 36.5 Å². The van der Waals surface area contributed by atoms with E-state index in [9.17, 15) is 13.2 Å². The highest BCUT2D eigenvalue weighted by atomic mass is 79.9. The molecule has 0 aliphatic heterocycles. The Bertz CT molecular complexity index is 627. The van der Waals surface area contributed by atoms with Crippen molar-refractivity contribution in [2.45, 2.75) is 39.0 Å². The second kappa shape index (κ2) is 5.85. The molecule has 4 nitrogen and oxygen atoms in total. The average Bonchev–Trinajstić information content (AvgIpc) is 2.28. The van der Waals surface area contributed by atoms with Crippen LogP contribution in [-0.2, 0) is 9.84 Å². The molecule has 20 heavy (non-hydrogen) atoms. The molecule has 1 N–H and O–H groups in total. The summed E-state index contributed by atoms with van der Waals surface area (Å²) in [4.78, 5) is 11.1. The van der Waals surface area contributed by atoms with Crippen LogP contribution in [0.25, 0.3) is 0 Å². The molecule has 0 saturated carbocycles. The van der Waals surface area contributed by atoms with Gasteiger partial charge in [0.15, 0.2) is 9.84 Å². The Morgan fingerprint density at radius 3 is 2.30 bits per heavy atom. The van der Waals surface area contributed by atoms with Gasteiger partial charge in [-0.1, -0.05) is 36.7 Å². The van der Waals surface area contributed by atoms with Crippen molar-refractivity contribution >= 4 is 31.7 Å². The lowest BCUT2D eigenvalue weighted by Gasteiger charge is -2.18. The Morgan fingerprint density at radius 2 is 1.85 bits per heavy atom. The summed E-state index contributed by atoms with van der Waals surface area (Å²) in [6.45, 7) is 7.58. The SMILES string of the molecule is Cc1c(Br)cc(C(=O)O)cc1S(=O)(=O)CCC(C)(C)C. The van der Waals surface area contributed by atoms with Crippen molar-refractivity contribution < 1.29 is 18.3 Å². The first kappa shape index (κ1) is 17.2. The van der Waals surface area contributed by atoms with Gasteiger partial charge >= 0.3 is 5.97 Å². The second-order valence-electron chi connectivity index (χ2n) is 6.02. The molecule has 0 radical (unpaired) electrons. The minimum atomic E-state index is -3.50. The molecule has 0 saturated heterocycles. The highest BCUT2D eigenvalue weighted by molar-refractivity contribution is 9.10. The predicted molar refractivity (Wildman–Crippen MR) is 82.0 cm³/mol. The molecule has 0 aliphatic carbocycles. The number of carboxylic acids is 1. The van der Waals surface area contributed by atoms with Gasteiger partial charge in [-0.2, -0.15) is 0 Å². The second-order valence-corrected chi connectivity index (χ2v) is 8.95. The van der Waals surface area contributed by atoms with Crippen LogP contribution in [0, 0.1) is 12.3 Å². The Hall–Kier alpha value is -0.880. The zero-order chi connectivity index (χ0) is 15.7. The molecule has 0 aromatic heterocycles. The Labute approximate surface area is 128 Å². The number of carboxylic acid groups (broad SMARTS) is 1. The molecule has 1 rings (SSSR count). The molecular weight excluding hydrogens is 344 g/mol. The third kappa shape index (κ3) is 4.31. The summed E-state index contributed by atoms with van der Waals surface area (Å²) in [6, 6.07) is 2.65. The van der Waals surface area contributed by atoms with Crippen molar-refractivity contribution in [2.75, 3.05) is 5.75 Å². The summed E-state index contributed by atoms with van der Waals surface area (Å²) >= 11 is 3.22. The number of aromatic carboxylic acids is 1. The molecular formula is C14H19BrO4S. The van der Waals surface area contributed by atoms with Crippen molar-refractivity contribution in [3.8, 4) is 0 Å². The van der Waals surface area contributed by atoms with Crippen LogP contribution in [0.5, 0.6) is 0 Å². The van der Waals surface area contributed by atoms with E-state index >= 15 is 0 Å². The van der Waals surface area contributed by atoms with Crippen molar-refractivity contribution in [3.05, 3.63) is 27.7 Å². The third-order valence-corrected chi connectivity index (χ3v) is 5.66. The normalized spacial score (nSPS) is 12.4. The summed E-state index contributed by atoms with van der Waals surface area (Å²) < 4.78 is 25.3. The summed E-state index contributed by atoms with van der Waals surface area (Å²) in [7, 11) is -3.50. The van der Waals surface area contributed by atoms with Gasteiger partial charge in [-0.3, -0.25) is 0 Å². The van der Waals surface area contributed by atoms with E-state index in [1.807, 2.05) is 20.8 Å². The number of rotatable bonds is 4. The molecule has 0 aliphatic rings. The zero-order valence-electron chi connectivity index (χ0n) is 12.0. The average molecular weight is 363 g/mol. The Morgan fingerprint density at radius 1 is 1.30 bits per heavy atom. The van der Waals surface area contributed by atoms with Crippen LogP contribution in [-0.4, -0.2) is 25.2 Å². The number of carbonyl (C=O) groups is 1. The molecule has 1 aromatic carbocycles. The lowest BCUT2D eigenvalue weighted by Crippen LogP contribution is -2.16. The van der Waals surface area contributed by atoms with Crippen molar-refractivity contribution in [2.24, 2.45) is 5.41 Å². The topological polar surface area (TPSA) is 71.4 Å². The number of benzene rings is 1. The van der Waals surface area contributed by atoms with Gasteiger partial charge in [-0.15, -0.1) is 0 Å². The molecule has 0 unspecified atom stereocenters. The maximum absolute atomic E-state index is 12.4. The minimum absolute atomic E-state index is 0.00680. The molecule has 0 heterocycles. The molecule has 0 spiro atoms. The highest BCUT2D eigenvalue weighted by Crippen LogP contribution is 2.29. The van der Waals surface area contributed by atoms with Crippen LogP contribution >= 0.6 is 15.9 Å². The molecule has 1 aromatic rings. The monoisotopic (exact) mass is 362 g/mol.